The Morgan fingerprint density at radius 1 is 1.41 bits per heavy atom. The minimum atomic E-state index is -4.11. The summed E-state index contributed by atoms with van der Waals surface area (Å²) >= 11 is 5.84. The molecule has 0 amide bonds. The van der Waals surface area contributed by atoms with Gasteiger partial charge in [0.25, 0.3) is 0 Å². The van der Waals surface area contributed by atoms with Gasteiger partial charge in [-0.15, -0.1) is 0 Å². The SMILES string of the molecule is NS(=O)(=O)c1cc(C(=O)O)c(NCc2ccco2)cc1Cl.[Al]. The number of hydrogen-bond acceptors (Lipinski definition) is 5. The molecule has 0 aliphatic carbocycles. The lowest BCUT2D eigenvalue weighted by atomic mass is 10.1. The highest BCUT2D eigenvalue weighted by atomic mass is 35.5. The van der Waals surface area contributed by atoms with Crippen molar-refractivity contribution in [1.29, 1.82) is 0 Å². The molecule has 1 aromatic carbocycles. The Morgan fingerprint density at radius 2 is 2.09 bits per heavy atom. The zero-order valence-corrected chi connectivity index (χ0v) is 13.8. The molecule has 0 aliphatic rings. The summed E-state index contributed by atoms with van der Waals surface area (Å²) in [5.41, 5.74) is -0.0914. The summed E-state index contributed by atoms with van der Waals surface area (Å²) in [6, 6.07) is 5.51. The van der Waals surface area contributed by atoms with Crippen molar-refractivity contribution in [3.63, 3.8) is 0 Å². The average Bonchev–Trinajstić information content (AvgIpc) is 2.87. The number of rotatable bonds is 5. The molecule has 115 valence electrons. The molecule has 2 rings (SSSR count). The highest BCUT2D eigenvalue weighted by Gasteiger charge is 2.20. The molecule has 0 spiro atoms. The van der Waals surface area contributed by atoms with Crippen LogP contribution in [0.2, 0.25) is 5.02 Å². The lowest BCUT2D eigenvalue weighted by Crippen LogP contribution is -2.15. The number of furan rings is 1. The molecule has 7 nitrogen and oxygen atoms in total. The molecule has 4 N–H and O–H groups in total. The molecule has 1 heterocycles. The number of carboxylic acids is 1. The van der Waals surface area contributed by atoms with E-state index in [1.54, 1.807) is 12.1 Å². The van der Waals surface area contributed by atoms with Crippen LogP contribution < -0.4 is 10.5 Å². The molecule has 1 aromatic heterocycles. The van der Waals surface area contributed by atoms with Gasteiger partial charge in [0.15, 0.2) is 0 Å². The summed E-state index contributed by atoms with van der Waals surface area (Å²) in [6.07, 6.45) is 1.48. The summed E-state index contributed by atoms with van der Waals surface area (Å²) in [7, 11) is -4.11. The zero-order chi connectivity index (χ0) is 15.6. The Hall–Kier alpha value is -1.50. The van der Waals surface area contributed by atoms with Gasteiger partial charge >= 0.3 is 5.97 Å². The van der Waals surface area contributed by atoms with Gasteiger partial charge in [-0.05, 0) is 24.3 Å². The molecule has 0 bridgehead atoms. The first-order valence-corrected chi connectivity index (χ1v) is 7.57. The van der Waals surface area contributed by atoms with Crippen LogP contribution in [0.15, 0.2) is 39.8 Å². The second kappa shape index (κ2) is 7.18. The standard InChI is InChI=1S/C12H11ClN2O5S.Al/c13-9-5-10(15-6-7-2-1-3-20-7)8(12(16)17)4-11(9)21(14,18)19;/h1-5,15H,6H2,(H,16,17)(H2,14,18,19);. The molecule has 22 heavy (non-hydrogen) atoms. The summed E-state index contributed by atoms with van der Waals surface area (Å²) < 4.78 is 27.8. The Bertz CT molecular complexity index is 777. The van der Waals surface area contributed by atoms with Gasteiger partial charge in [-0.1, -0.05) is 11.6 Å². The largest absolute Gasteiger partial charge is 0.478 e. The van der Waals surface area contributed by atoms with Crippen LogP contribution in [0.5, 0.6) is 0 Å². The molecule has 2 aromatic rings. The fraction of sp³-hybridized carbons (Fsp3) is 0.0833. The first kappa shape index (κ1) is 18.6. The number of carboxylic acid groups (broad SMARTS) is 1. The van der Waals surface area contributed by atoms with Gasteiger partial charge in [-0.2, -0.15) is 0 Å². The number of sulfonamides is 1. The monoisotopic (exact) mass is 357 g/mol. The fourth-order valence-electron chi connectivity index (χ4n) is 1.69. The van der Waals surface area contributed by atoms with Crippen LogP contribution in [0.25, 0.3) is 0 Å². The Kier molecular flexibility index (Phi) is 6.05. The van der Waals surface area contributed by atoms with Crippen LogP contribution in [0, 0.1) is 0 Å². The maximum atomic E-state index is 11.3. The maximum absolute atomic E-state index is 11.3. The van der Waals surface area contributed by atoms with E-state index in [1.165, 1.54) is 12.3 Å². The predicted molar refractivity (Wildman–Crippen MR) is 81.6 cm³/mol. The molecular weight excluding hydrogens is 347 g/mol. The number of carbonyl (C=O) groups is 1. The van der Waals surface area contributed by atoms with Crippen LogP contribution in [0.3, 0.4) is 0 Å². The molecule has 0 saturated heterocycles. The summed E-state index contributed by atoms with van der Waals surface area (Å²) in [6.45, 7) is 0.221. The van der Waals surface area contributed by atoms with Crippen molar-refractivity contribution in [2.24, 2.45) is 5.14 Å². The van der Waals surface area contributed by atoms with Crippen molar-refractivity contribution in [2.75, 3.05) is 5.32 Å². The third kappa shape index (κ3) is 4.25. The fourth-order valence-corrected chi connectivity index (χ4v) is 2.79. The van der Waals surface area contributed by atoms with Gasteiger partial charge in [0.05, 0.1) is 29.1 Å². The maximum Gasteiger partial charge on any atom is 0.337 e. The molecule has 0 fully saturated rings. The zero-order valence-electron chi connectivity index (χ0n) is 11.1. The second-order valence-electron chi connectivity index (χ2n) is 4.11. The normalized spacial score (nSPS) is 10.8. The highest BCUT2D eigenvalue weighted by molar-refractivity contribution is 7.89. The Balaban J connectivity index is 0.00000242. The van der Waals surface area contributed by atoms with E-state index in [4.69, 9.17) is 26.3 Å². The minimum absolute atomic E-state index is 0. The third-order valence-corrected chi connectivity index (χ3v) is 4.02. The number of nitrogens with one attached hydrogen (secondary N) is 1. The number of aromatic carboxylic acids is 1. The van der Waals surface area contributed by atoms with Crippen molar-refractivity contribution in [3.05, 3.63) is 46.9 Å². The van der Waals surface area contributed by atoms with Gasteiger partial charge in [0, 0.05) is 17.4 Å². The molecule has 10 heteroatoms. The first-order valence-electron chi connectivity index (χ1n) is 5.65. The van der Waals surface area contributed by atoms with E-state index in [-0.39, 0.29) is 40.2 Å². The molecule has 0 atom stereocenters. The Labute approximate surface area is 142 Å². The lowest BCUT2D eigenvalue weighted by molar-refractivity contribution is 0.0697. The minimum Gasteiger partial charge on any atom is -0.478 e. The van der Waals surface area contributed by atoms with Crippen LogP contribution in [0.4, 0.5) is 5.69 Å². The predicted octanol–water partition coefficient (Wildman–Crippen LogP) is 1.51. The highest BCUT2D eigenvalue weighted by Crippen LogP contribution is 2.28. The van der Waals surface area contributed by atoms with E-state index in [0.29, 0.717) is 5.76 Å². The van der Waals surface area contributed by atoms with Gasteiger partial charge in [-0.25, -0.2) is 18.4 Å². The molecular formula is C12H11AlClN2O5S. The van der Waals surface area contributed by atoms with Gasteiger partial charge < -0.3 is 14.8 Å². The van der Waals surface area contributed by atoms with Crippen LogP contribution in [-0.2, 0) is 16.6 Å². The number of anilines is 1. The Morgan fingerprint density at radius 3 is 2.59 bits per heavy atom. The van der Waals surface area contributed by atoms with E-state index in [2.05, 4.69) is 5.32 Å². The average molecular weight is 358 g/mol. The van der Waals surface area contributed by atoms with E-state index in [1.807, 2.05) is 0 Å². The van der Waals surface area contributed by atoms with Crippen molar-refractivity contribution in [1.82, 2.24) is 0 Å². The summed E-state index contributed by atoms with van der Waals surface area (Å²) in [5.74, 6) is -0.725. The van der Waals surface area contributed by atoms with Crippen molar-refractivity contribution in [2.45, 2.75) is 11.4 Å². The quantitative estimate of drug-likeness (QED) is 0.697. The van der Waals surface area contributed by atoms with E-state index in [0.717, 1.165) is 6.07 Å². The number of benzene rings is 1. The van der Waals surface area contributed by atoms with Gasteiger partial charge in [-0.3, -0.25) is 0 Å². The number of nitrogens with two attached hydrogens (primary N) is 1. The number of hydrogen-bond donors (Lipinski definition) is 3. The van der Waals surface area contributed by atoms with E-state index in [9.17, 15) is 13.2 Å². The second-order valence-corrected chi connectivity index (χ2v) is 6.05. The van der Waals surface area contributed by atoms with E-state index >= 15 is 0 Å². The molecule has 0 aliphatic heterocycles. The van der Waals surface area contributed by atoms with Crippen molar-refractivity contribution < 1.29 is 22.7 Å². The molecule has 0 saturated carbocycles. The molecule has 3 radical (unpaired) electrons. The van der Waals surface area contributed by atoms with Crippen LogP contribution in [-0.4, -0.2) is 36.9 Å². The van der Waals surface area contributed by atoms with Crippen molar-refractivity contribution >= 4 is 50.6 Å². The summed E-state index contributed by atoms with van der Waals surface area (Å²) in [5, 5.41) is 16.8. The number of primary sulfonamides is 1. The first-order chi connectivity index (χ1) is 9.79. The van der Waals surface area contributed by atoms with E-state index < -0.39 is 20.9 Å². The van der Waals surface area contributed by atoms with Gasteiger partial charge in [0.1, 0.15) is 10.7 Å². The van der Waals surface area contributed by atoms with Crippen molar-refractivity contribution in [3.8, 4) is 0 Å². The molecule has 0 unspecified atom stereocenters. The lowest BCUT2D eigenvalue weighted by Gasteiger charge is -2.11. The number of halogens is 1. The van der Waals surface area contributed by atoms with Crippen LogP contribution in [0.1, 0.15) is 16.1 Å². The van der Waals surface area contributed by atoms with Crippen LogP contribution >= 0.6 is 11.6 Å². The van der Waals surface area contributed by atoms with Gasteiger partial charge in [0.2, 0.25) is 10.0 Å². The summed E-state index contributed by atoms with van der Waals surface area (Å²) in [4.78, 5) is 10.8. The smallest absolute Gasteiger partial charge is 0.337 e. The topological polar surface area (TPSA) is 123 Å². The third-order valence-electron chi connectivity index (χ3n) is 2.64.